The fourth-order valence-electron chi connectivity index (χ4n) is 4.65. The number of aromatic nitrogens is 3. The zero-order valence-electron chi connectivity index (χ0n) is 19.7. The van der Waals surface area contributed by atoms with E-state index in [9.17, 15) is 18.0 Å². The molecule has 2 radical (unpaired) electrons. The number of pyridine rings is 1. The summed E-state index contributed by atoms with van der Waals surface area (Å²) in [5.74, 6) is 0.668. The molecule has 12 heteroatoms. The number of ether oxygens (including phenoxy) is 1. The molecule has 0 aliphatic carbocycles. The molecular formula is C25H21BF3N5O2S. The Bertz CT molecular complexity index is 1550. The number of benzene rings is 1. The first kappa shape index (κ1) is 24.1. The molecule has 7 nitrogen and oxygen atoms in total. The second-order valence-corrected chi connectivity index (χ2v) is 10.2. The van der Waals surface area contributed by atoms with Crippen LogP contribution in [0.3, 0.4) is 0 Å². The lowest BCUT2D eigenvalue weighted by molar-refractivity contribution is -0.137. The second-order valence-electron chi connectivity index (χ2n) is 9.18. The van der Waals surface area contributed by atoms with Gasteiger partial charge in [0.15, 0.2) is 0 Å². The molecular weight excluding hydrogens is 502 g/mol. The van der Waals surface area contributed by atoms with Crippen LogP contribution in [0.25, 0.3) is 26.2 Å². The first-order valence-corrected chi connectivity index (χ1v) is 12.6. The van der Waals surface area contributed by atoms with Crippen molar-refractivity contribution in [3.05, 3.63) is 64.2 Å². The van der Waals surface area contributed by atoms with E-state index in [0.29, 0.717) is 55.8 Å². The van der Waals surface area contributed by atoms with E-state index in [2.05, 4.69) is 15.3 Å². The monoisotopic (exact) mass is 523 g/mol. The maximum absolute atomic E-state index is 13.5. The van der Waals surface area contributed by atoms with E-state index in [1.54, 1.807) is 18.3 Å². The average molecular weight is 523 g/mol. The number of likely N-dealkylation sites (N-methyl/N-ethyl adjacent to an activating group) is 1. The van der Waals surface area contributed by atoms with Gasteiger partial charge in [-0.05, 0) is 43.3 Å². The number of anilines is 1. The lowest BCUT2D eigenvalue weighted by atomic mass is 9.95. The summed E-state index contributed by atoms with van der Waals surface area (Å²) in [7, 11) is 8.34. The molecule has 1 aromatic carbocycles. The molecule has 6 rings (SSSR count). The molecule has 2 aliphatic rings. The zero-order chi connectivity index (χ0) is 25.9. The molecule has 3 aromatic heterocycles. The van der Waals surface area contributed by atoms with Crippen LogP contribution in [0.15, 0.2) is 47.4 Å². The van der Waals surface area contributed by atoms with Gasteiger partial charge in [-0.1, -0.05) is 17.6 Å². The number of alkyl halides is 3. The smallest absolute Gasteiger partial charge is 0.366 e. The van der Waals surface area contributed by atoms with Crippen molar-refractivity contribution in [3.63, 3.8) is 0 Å². The molecule has 2 atom stereocenters. The Kier molecular flexibility index (Phi) is 5.85. The first-order chi connectivity index (χ1) is 17.7. The van der Waals surface area contributed by atoms with Crippen molar-refractivity contribution in [2.45, 2.75) is 24.7 Å². The fourth-order valence-corrected chi connectivity index (χ4v) is 5.71. The lowest BCUT2D eigenvalue weighted by Gasteiger charge is -2.22. The first-order valence-electron chi connectivity index (χ1n) is 11.8. The molecule has 0 saturated carbocycles. The summed E-state index contributed by atoms with van der Waals surface area (Å²) in [6, 6.07) is 8.71. The average Bonchev–Trinajstić information content (AvgIpc) is 3.44. The van der Waals surface area contributed by atoms with E-state index in [0.717, 1.165) is 31.6 Å². The Labute approximate surface area is 215 Å². The predicted molar refractivity (Wildman–Crippen MR) is 137 cm³/mol. The Balaban J connectivity index is 1.40. The lowest BCUT2D eigenvalue weighted by Crippen LogP contribution is -2.33. The molecule has 0 spiro atoms. The number of fused-ring (bicyclic) bond motifs is 1. The Hall–Kier alpha value is -3.22. The van der Waals surface area contributed by atoms with E-state index in [4.69, 9.17) is 17.6 Å². The summed E-state index contributed by atoms with van der Waals surface area (Å²) >= 11 is 1.21. The topological polar surface area (TPSA) is 75.6 Å². The van der Waals surface area contributed by atoms with Crippen molar-refractivity contribution < 1.29 is 17.9 Å². The SMILES string of the molecule is [B]c1cc(-n2ncc3cc(-c4ccc(C(F)(F)F)cc4)sc3c2=O)c(C2CO2)nc1N1CC[C@@H](NC)C1. The minimum absolute atomic E-state index is 0.243. The molecule has 2 saturated heterocycles. The number of nitrogens with one attached hydrogen (secondary N) is 1. The second kappa shape index (κ2) is 8.96. The summed E-state index contributed by atoms with van der Waals surface area (Å²) in [5.41, 5.74) is 1.03. The van der Waals surface area contributed by atoms with Gasteiger partial charge in [-0.25, -0.2) is 4.98 Å². The minimum atomic E-state index is -4.41. The van der Waals surface area contributed by atoms with Crippen LogP contribution in [0.2, 0.25) is 0 Å². The number of rotatable bonds is 5. The fraction of sp³-hybridized carbons (Fsp3) is 0.320. The molecule has 2 fully saturated rings. The largest absolute Gasteiger partial charge is 0.416 e. The third kappa shape index (κ3) is 4.43. The number of epoxide rings is 1. The van der Waals surface area contributed by atoms with Crippen LogP contribution >= 0.6 is 11.3 Å². The van der Waals surface area contributed by atoms with E-state index >= 15 is 0 Å². The van der Waals surface area contributed by atoms with Crippen molar-refractivity contribution in [3.8, 4) is 16.1 Å². The highest BCUT2D eigenvalue weighted by molar-refractivity contribution is 7.22. The van der Waals surface area contributed by atoms with Crippen molar-refractivity contribution in [1.82, 2.24) is 20.1 Å². The van der Waals surface area contributed by atoms with Gasteiger partial charge in [0.25, 0.3) is 5.56 Å². The number of nitrogens with zero attached hydrogens (tertiary/aromatic N) is 4. The Morgan fingerprint density at radius 1 is 1.22 bits per heavy atom. The Morgan fingerprint density at radius 2 is 1.97 bits per heavy atom. The molecule has 5 heterocycles. The third-order valence-corrected chi connectivity index (χ3v) is 7.95. The van der Waals surface area contributed by atoms with Crippen molar-refractivity contribution >= 4 is 40.5 Å². The van der Waals surface area contributed by atoms with Gasteiger partial charge in [-0.15, -0.1) is 11.3 Å². The molecule has 2 aliphatic heterocycles. The van der Waals surface area contributed by atoms with E-state index < -0.39 is 11.7 Å². The van der Waals surface area contributed by atoms with E-state index in [-0.39, 0.29) is 11.7 Å². The maximum Gasteiger partial charge on any atom is 0.416 e. The number of thiophene rings is 1. The van der Waals surface area contributed by atoms with Gasteiger partial charge < -0.3 is 15.0 Å². The number of hydrogen-bond donors (Lipinski definition) is 1. The summed E-state index contributed by atoms with van der Waals surface area (Å²) in [6.07, 6.45) is -2.10. The van der Waals surface area contributed by atoms with Crippen LogP contribution < -0.4 is 21.2 Å². The van der Waals surface area contributed by atoms with Gasteiger partial charge in [0.2, 0.25) is 0 Å². The van der Waals surface area contributed by atoms with Gasteiger partial charge in [0.1, 0.15) is 24.5 Å². The molecule has 4 aromatic rings. The molecule has 1 N–H and O–H groups in total. The van der Waals surface area contributed by atoms with Gasteiger partial charge >= 0.3 is 6.18 Å². The number of hydrogen-bond acceptors (Lipinski definition) is 7. The zero-order valence-corrected chi connectivity index (χ0v) is 20.6. The van der Waals surface area contributed by atoms with Gasteiger partial charge in [0.05, 0.1) is 29.7 Å². The third-order valence-electron chi connectivity index (χ3n) is 6.76. The van der Waals surface area contributed by atoms with Crippen molar-refractivity contribution in [2.24, 2.45) is 0 Å². The van der Waals surface area contributed by atoms with Crippen LogP contribution in [-0.2, 0) is 10.9 Å². The number of halogens is 3. The van der Waals surface area contributed by atoms with Crippen LogP contribution in [0.4, 0.5) is 19.0 Å². The van der Waals surface area contributed by atoms with Gasteiger partial charge in [-0.3, -0.25) is 4.79 Å². The standard InChI is InChI=1S/C25H21BF3N5O2S/c1-30-16-6-7-33(11-16)23-17(26)9-18(21(32-23)19-12-36-19)34-24(35)22-14(10-31-34)8-20(37-22)13-2-4-15(5-3-13)25(27,28)29/h2-5,8-10,16,19,30H,6-7,11-12H2,1H3/t16-,19?/m1/s1. The van der Waals surface area contributed by atoms with E-state index in [1.807, 2.05) is 7.05 Å². The van der Waals surface area contributed by atoms with Crippen molar-refractivity contribution in [1.29, 1.82) is 0 Å². The van der Waals surface area contributed by atoms with Crippen LogP contribution in [0.1, 0.15) is 23.8 Å². The highest BCUT2D eigenvalue weighted by Crippen LogP contribution is 2.36. The summed E-state index contributed by atoms with van der Waals surface area (Å²) in [4.78, 5) is 21.1. The summed E-state index contributed by atoms with van der Waals surface area (Å²) < 4.78 is 46.1. The summed E-state index contributed by atoms with van der Waals surface area (Å²) in [5, 5.41) is 8.27. The normalized spacial score (nSPS) is 19.6. The maximum atomic E-state index is 13.5. The Morgan fingerprint density at radius 3 is 2.62 bits per heavy atom. The molecule has 37 heavy (non-hydrogen) atoms. The molecule has 188 valence electrons. The van der Waals surface area contributed by atoms with E-state index in [1.165, 1.54) is 28.2 Å². The van der Waals surface area contributed by atoms with Gasteiger partial charge in [-0.2, -0.15) is 23.0 Å². The highest BCUT2D eigenvalue weighted by atomic mass is 32.1. The quantitative estimate of drug-likeness (QED) is 0.320. The molecule has 1 unspecified atom stereocenters. The highest BCUT2D eigenvalue weighted by Gasteiger charge is 2.33. The summed E-state index contributed by atoms with van der Waals surface area (Å²) in [6.45, 7) is 2.10. The van der Waals surface area contributed by atoms with Gasteiger partial charge in [0, 0.05) is 29.4 Å². The molecule has 0 bridgehead atoms. The molecule has 0 amide bonds. The van der Waals surface area contributed by atoms with Crippen LogP contribution in [0.5, 0.6) is 0 Å². The van der Waals surface area contributed by atoms with Crippen molar-refractivity contribution in [2.75, 3.05) is 31.6 Å². The predicted octanol–water partition coefficient (Wildman–Crippen LogP) is 3.19. The van der Waals surface area contributed by atoms with Crippen LogP contribution in [-0.4, -0.2) is 55.4 Å². The van der Waals surface area contributed by atoms with Crippen LogP contribution in [0, 0.1) is 0 Å². The minimum Gasteiger partial charge on any atom is -0.366 e.